The number of hydrogen-bond acceptors (Lipinski definition) is 2. The Morgan fingerprint density at radius 1 is 1.15 bits per heavy atom. The van der Waals surface area contributed by atoms with Crippen molar-refractivity contribution in [1.29, 1.82) is 0 Å². The number of halogens is 1. The number of rotatable bonds is 3. The van der Waals surface area contributed by atoms with E-state index in [1.165, 1.54) is 6.07 Å². The van der Waals surface area contributed by atoms with E-state index in [4.69, 9.17) is 4.42 Å². The van der Waals surface area contributed by atoms with E-state index in [9.17, 15) is 4.39 Å². The zero-order chi connectivity index (χ0) is 14.1. The van der Waals surface area contributed by atoms with E-state index in [0.717, 1.165) is 27.9 Å². The lowest BCUT2D eigenvalue weighted by Crippen LogP contribution is -2.06. The molecule has 0 aliphatic heterocycles. The number of fused-ring (bicyclic) bond motifs is 1. The lowest BCUT2D eigenvalue weighted by Gasteiger charge is -2.04. The molecule has 0 saturated heterocycles. The lowest BCUT2D eigenvalue weighted by atomic mass is 10.1. The number of hydrogen-bond donors (Lipinski definition) is 1. The molecule has 20 heavy (non-hydrogen) atoms. The molecule has 3 aromatic rings. The van der Waals surface area contributed by atoms with E-state index in [0.29, 0.717) is 12.1 Å². The van der Waals surface area contributed by atoms with E-state index < -0.39 is 0 Å². The van der Waals surface area contributed by atoms with Gasteiger partial charge >= 0.3 is 0 Å². The Kier molecular flexibility index (Phi) is 3.28. The van der Waals surface area contributed by atoms with E-state index >= 15 is 0 Å². The normalized spacial score (nSPS) is 11.2. The average Bonchev–Trinajstić information content (AvgIpc) is 2.87. The molecule has 3 heteroatoms. The maximum atomic E-state index is 13.7. The molecule has 0 radical (unpaired) electrons. The molecule has 0 amide bonds. The van der Waals surface area contributed by atoms with Gasteiger partial charge in [0.25, 0.3) is 0 Å². The van der Waals surface area contributed by atoms with E-state index in [1.807, 2.05) is 37.3 Å². The van der Waals surface area contributed by atoms with Gasteiger partial charge in [0.15, 0.2) is 0 Å². The predicted octanol–water partition coefficient (Wildman–Crippen LogP) is 4.27. The fourth-order valence-electron chi connectivity index (χ4n) is 2.41. The molecule has 0 aliphatic rings. The van der Waals surface area contributed by atoms with Crippen LogP contribution in [-0.2, 0) is 6.54 Å². The van der Waals surface area contributed by atoms with Crippen molar-refractivity contribution in [3.05, 3.63) is 59.4 Å². The second-order valence-corrected chi connectivity index (χ2v) is 4.94. The Balaban J connectivity index is 2.11. The van der Waals surface area contributed by atoms with Crippen LogP contribution in [0.1, 0.15) is 11.1 Å². The summed E-state index contributed by atoms with van der Waals surface area (Å²) in [6, 6.07) is 13.1. The Labute approximate surface area is 117 Å². The van der Waals surface area contributed by atoms with E-state index in [-0.39, 0.29) is 5.82 Å². The Hall–Kier alpha value is -2.13. The molecule has 2 aromatic carbocycles. The molecular weight excluding hydrogens is 253 g/mol. The van der Waals surface area contributed by atoms with Gasteiger partial charge in [-0.25, -0.2) is 4.39 Å². The van der Waals surface area contributed by atoms with Crippen LogP contribution in [0.3, 0.4) is 0 Å². The first-order chi connectivity index (χ1) is 9.69. The molecule has 0 spiro atoms. The van der Waals surface area contributed by atoms with Crippen molar-refractivity contribution < 1.29 is 8.81 Å². The summed E-state index contributed by atoms with van der Waals surface area (Å²) < 4.78 is 19.6. The molecule has 0 bridgehead atoms. The highest BCUT2D eigenvalue weighted by Gasteiger charge is 2.10. The minimum absolute atomic E-state index is 0.199. The third-order valence-corrected chi connectivity index (χ3v) is 3.44. The van der Waals surface area contributed by atoms with Gasteiger partial charge in [0, 0.05) is 23.1 Å². The van der Waals surface area contributed by atoms with Crippen LogP contribution >= 0.6 is 0 Å². The van der Waals surface area contributed by atoms with Gasteiger partial charge in [-0.3, -0.25) is 0 Å². The minimum Gasteiger partial charge on any atom is -0.456 e. The SMILES string of the molecule is CNCc1cc(-c2cc3cccc(C)c3o2)ccc1F. The first-order valence-electron chi connectivity index (χ1n) is 6.61. The summed E-state index contributed by atoms with van der Waals surface area (Å²) in [7, 11) is 1.80. The second kappa shape index (κ2) is 5.10. The largest absolute Gasteiger partial charge is 0.456 e. The van der Waals surface area contributed by atoms with Gasteiger partial charge in [0.1, 0.15) is 17.2 Å². The monoisotopic (exact) mass is 269 g/mol. The van der Waals surface area contributed by atoms with Crippen LogP contribution in [0.5, 0.6) is 0 Å². The standard InChI is InChI=1S/C17H16FNO/c1-11-4-3-5-13-9-16(20-17(11)13)12-6-7-15(18)14(8-12)10-19-2/h3-9,19H,10H2,1-2H3. The Morgan fingerprint density at radius 2 is 2.00 bits per heavy atom. The summed E-state index contributed by atoms with van der Waals surface area (Å²) in [6.07, 6.45) is 0. The maximum Gasteiger partial charge on any atom is 0.137 e. The highest BCUT2D eigenvalue weighted by atomic mass is 19.1. The third kappa shape index (κ3) is 2.21. The van der Waals surface area contributed by atoms with Gasteiger partial charge in [0.05, 0.1) is 0 Å². The number of nitrogens with one attached hydrogen (secondary N) is 1. The van der Waals surface area contributed by atoms with Crippen molar-refractivity contribution in [2.75, 3.05) is 7.05 Å². The fourth-order valence-corrected chi connectivity index (χ4v) is 2.41. The van der Waals surface area contributed by atoms with Gasteiger partial charge in [0.2, 0.25) is 0 Å². The Morgan fingerprint density at radius 3 is 2.75 bits per heavy atom. The molecule has 1 aromatic heterocycles. The van der Waals surface area contributed by atoms with Crippen molar-refractivity contribution >= 4 is 11.0 Å². The van der Waals surface area contributed by atoms with Gasteiger partial charge < -0.3 is 9.73 Å². The summed E-state index contributed by atoms with van der Waals surface area (Å²) >= 11 is 0. The zero-order valence-electron chi connectivity index (χ0n) is 11.5. The quantitative estimate of drug-likeness (QED) is 0.768. The highest BCUT2D eigenvalue weighted by Crippen LogP contribution is 2.30. The summed E-state index contributed by atoms with van der Waals surface area (Å²) in [5.74, 6) is 0.571. The van der Waals surface area contributed by atoms with Crippen LogP contribution in [0.15, 0.2) is 46.9 Å². The average molecular weight is 269 g/mol. The molecule has 0 atom stereocenters. The van der Waals surface area contributed by atoms with E-state index in [1.54, 1.807) is 13.1 Å². The number of para-hydroxylation sites is 1. The first-order valence-corrected chi connectivity index (χ1v) is 6.61. The first kappa shape index (κ1) is 12.9. The third-order valence-electron chi connectivity index (χ3n) is 3.44. The molecular formula is C17H16FNO. The molecule has 1 N–H and O–H groups in total. The van der Waals surface area contributed by atoms with Gasteiger partial charge in [-0.2, -0.15) is 0 Å². The fraction of sp³-hybridized carbons (Fsp3) is 0.176. The molecule has 0 saturated carbocycles. The number of furan rings is 1. The zero-order valence-corrected chi connectivity index (χ0v) is 11.5. The van der Waals surface area contributed by atoms with Crippen LogP contribution in [0.25, 0.3) is 22.3 Å². The van der Waals surface area contributed by atoms with Crippen LogP contribution in [-0.4, -0.2) is 7.05 Å². The summed E-state index contributed by atoms with van der Waals surface area (Å²) in [5, 5.41) is 4.04. The van der Waals surface area contributed by atoms with Crippen molar-refractivity contribution in [3.8, 4) is 11.3 Å². The van der Waals surface area contributed by atoms with Crippen LogP contribution < -0.4 is 5.32 Å². The van der Waals surface area contributed by atoms with Gasteiger partial charge in [-0.15, -0.1) is 0 Å². The van der Waals surface area contributed by atoms with Crippen LogP contribution in [0.2, 0.25) is 0 Å². The Bertz CT molecular complexity index is 761. The molecule has 0 aliphatic carbocycles. The molecule has 102 valence electrons. The second-order valence-electron chi connectivity index (χ2n) is 4.94. The van der Waals surface area contributed by atoms with Crippen LogP contribution in [0.4, 0.5) is 4.39 Å². The van der Waals surface area contributed by atoms with Gasteiger partial charge in [-0.1, -0.05) is 18.2 Å². The van der Waals surface area contributed by atoms with Crippen molar-refractivity contribution in [1.82, 2.24) is 5.32 Å². The smallest absolute Gasteiger partial charge is 0.137 e. The molecule has 2 nitrogen and oxygen atoms in total. The van der Waals surface area contributed by atoms with Crippen molar-refractivity contribution in [2.24, 2.45) is 0 Å². The summed E-state index contributed by atoms with van der Waals surface area (Å²) in [5.41, 5.74) is 3.53. The molecule has 0 unspecified atom stereocenters. The van der Waals surface area contributed by atoms with Gasteiger partial charge in [-0.05, 0) is 43.8 Å². The van der Waals surface area contributed by atoms with E-state index in [2.05, 4.69) is 5.32 Å². The molecule has 1 heterocycles. The summed E-state index contributed by atoms with van der Waals surface area (Å²) in [6.45, 7) is 2.52. The maximum absolute atomic E-state index is 13.7. The highest BCUT2D eigenvalue weighted by molar-refractivity contribution is 5.85. The number of benzene rings is 2. The van der Waals surface area contributed by atoms with Crippen molar-refractivity contribution in [2.45, 2.75) is 13.5 Å². The summed E-state index contributed by atoms with van der Waals surface area (Å²) in [4.78, 5) is 0. The number of aryl methyl sites for hydroxylation is 1. The minimum atomic E-state index is -0.199. The topological polar surface area (TPSA) is 25.2 Å². The molecule has 0 fully saturated rings. The lowest BCUT2D eigenvalue weighted by molar-refractivity contribution is 0.599. The molecule has 3 rings (SSSR count). The van der Waals surface area contributed by atoms with Crippen molar-refractivity contribution in [3.63, 3.8) is 0 Å². The predicted molar refractivity (Wildman–Crippen MR) is 79.1 cm³/mol. The van der Waals surface area contributed by atoms with Crippen LogP contribution in [0, 0.1) is 12.7 Å².